The Bertz CT molecular complexity index is 1130. The number of hydrogen-bond donors (Lipinski definition) is 0. The molecule has 0 aromatic heterocycles. The largest absolute Gasteiger partial charge is 0.529 e. The molecule has 0 saturated carbocycles. The van der Waals surface area contributed by atoms with Crippen LogP contribution in [0.25, 0.3) is 0 Å². The van der Waals surface area contributed by atoms with E-state index in [2.05, 4.69) is 97.1 Å². The van der Waals surface area contributed by atoms with Crippen LogP contribution in [-0.4, -0.2) is 27.9 Å². The predicted octanol–water partition coefficient (Wildman–Crippen LogP) is 7.73. The molecule has 5 heteroatoms. The molecule has 3 rings (SSSR count). The number of hydrogen-bond acceptors (Lipinski definition) is 3. The van der Waals surface area contributed by atoms with E-state index in [-0.39, 0.29) is 5.04 Å². The molecular formula is C33H41BrO3Si. The summed E-state index contributed by atoms with van der Waals surface area (Å²) in [4.78, 5) is 0. The van der Waals surface area contributed by atoms with E-state index in [0.29, 0.717) is 17.2 Å². The molecular weight excluding hydrogens is 552 g/mol. The Labute approximate surface area is 239 Å². The zero-order valence-electron chi connectivity index (χ0n) is 23.5. The highest BCUT2D eigenvalue weighted by Crippen LogP contribution is 2.44. The third kappa shape index (κ3) is 7.24. The van der Waals surface area contributed by atoms with E-state index in [1.54, 1.807) is 14.2 Å². The first-order valence-corrected chi connectivity index (χ1v) is 16.5. The Kier molecular flexibility index (Phi) is 11.4. The van der Waals surface area contributed by atoms with Gasteiger partial charge < -0.3 is 13.9 Å². The minimum Gasteiger partial charge on any atom is -0.529 e. The standard InChI is InChI=1S/C33H41BrO3Si/c1-33(2,3)38(28-20-14-11-15-21-28,29-22-16-12-17-23-29)37-32-30(35-4)25-27(26-31(32)36-5)19-13-9-7-6-8-10-18-24-34/h11-12,14-17,20-23,25-26H,6-10,18,24H2,1-5H3. The van der Waals surface area contributed by atoms with Gasteiger partial charge in [-0.3, -0.25) is 0 Å². The third-order valence-corrected chi connectivity index (χ3v) is 12.3. The number of rotatable bonds is 12. The van der Waals surface area contributed by atoms with Gasteiger partial charge in [-0.05, 0) is 40.4 Å². The van der Waals surface area contributed by atoms with Crippen LogP contribution in [0.4, 0.5) is 0 Å². The van der Waals surface area contributed by atoms with E-state index < -0.39 is 8.32 Å². The van der Waals surface area contributed by atoms with Gasteiger partial charge in [-0.15, -0.1) is 0 Å². The SMILES string of the molecule is COc1cc(C#CCCCCCCCBr)cc(OC)c1O[Si](c1ccccc1)(c1ccccc1)C(C)(C)C. The maximum absolute atomic E-state index is 7.26. The Balaban J connectivity index is 2.01. The summed E-state index contributed by atoms with van der Waals surface area (Å²) in [6, 6.07) is 25.1. The predicted molar refractivity (Wildman–Crippen MR) is 166 cm³/mol. The lowest BCUT2D eigenvalue weighted by Crippen LogP contribution is -2.68. The molecule has 38 heavy (non-hydrogen) atoms. The van der Waals surface area contributed by atoms with Crippen LogP contribution in [0.2, 0.25) is 5.04 Å². The molecule has 0 atom stereocenters. The molecule has 0 unspecified atom stereocenters. The van der Waals surface area contributed by atoms with E-state index >= 15 is 0 Å². The van der Waals surface area contributed by atoms with Crippen LogP contribution in [0.15, 0.2) is 72.8 Å². The lowest BCUT2D eigenvalue weighted by Gasteiger charge is -2.43. The van der Waals surface area contributed by atoms with Crippen LogP contribution < -0.4 is 24.3 Å². The van der Waals surface area contributed by atoms with Crippen molar-refractivity contribution in [1.82, 2.24) is 0 Å². The van der Waals surface area contributed by atoms with Crippen LogP contribution in [0.3, 0.4) is 0 Å². The fourth-order valence-corrected chi connectivity index (χ4v) is 9.69. The fraction of sp³-hybridized carbons (Fsp3) is 0.394. The molecule has 3 aromatic rings. The average molecular weight is 594 g/mol. The van der Waals surface area contributed by atoms with Gasteiger partial charge in [-0.25, -0.2) is 0 Å². The maximum atomic E-state index is 7.26. The Morgan fingerprint density at radius 1 is 0.737 bits per heavy atom. The van der Waals surface area contributed by atoms with Crippen LogP contribution in [0, 0.1) is 11.8 Å². The summed E-state index contributed by atoms with van der Waals surface area (Å²) >= 11 is 3.50. The zero-order valence-corrected chi connectivity index (χ0v) is 26.1. The minimum absolute atomic E-state index is 0.182. The molecule has 3 aromatic carbocycles. The number of unbranched alkanes of at least 4 members (excludes halogenated alkanes) is 5. The quantitative estimate of drug-likeness (QED) is 0.0931. The van der Waals surface area contributed by atoms with Crippen LogP contribution >= 0.6 is 15.9 Å². The molecule has 0 saturated heterocycles. The van der Waals surface area contributed by atoms with Gasteiger partial charge in [0, 0.05) is 17.3 Å². The van der Waals surface area contributed by atoms with E-state index in [9.17, 15) is 0 Å². The average Bonchev–Trinajstić information content (AvgIpc) is 2.93. The number of alkyl halides is 1. The van der Waals surface area contributed by atoms with Crippen molar-refractivity contribution in [3.8, 4) is 29.1 Å². The second kappa shape index (κ2) is 14.5. The van der Waals surface area contributed by atoms with Crippen molar-refractivity contribution in [1.29, 1.82) is 0 Å². The number of benzene rings is 3. The van der Waals surface area contributed by atoms with Crippen molar-refractivity contribution in [3.05, 3.63) is 78.4 Å². The highest BCUT2D eigenvalue weighted by atomic mass is 79.9. The molecule has 0 aliphatic heterocycles. The topological polar surface area (TPSA) is 27.7 Å². The molecule has 0 bridgehead atoms. The summed E-state index contributed by atoms with van der Waals surface area (Å²) in [5, 5.41) is 3.30. The molecule has 0 spiro atoms. The molecule has 202 valence electrons. The monoisotopic (exact) mass is 592 g/mol. The minimum atomic E-state index is -2.85. The molecule has 0 N–H and O–H groups in total. The summed E-state index contributed by atoms with van der Waals surface area (Å²) in [5.41, 5.74) is 0.868. The van der Waals surface area contributed by atoms with E-state index in [1.165, 1.54) is 36.1 Å². The Morgan fingerprint density at radius 3 is 1.71 bits per heavy atom. The number of ether oxygens (including phenoxy) is 2. The van der Waals surface area contributed by atoms with Crippen molar-refractivity contribution in [3.63, 3.8) is 0 Å². The third-order valence-electron chi connectivity index (χ3n) is 6.80. The first-order valence-electron chi connectivity index (χ1n) is 13.5. The van der Waals surface area contributed by atoms with Gasteiger partial charge in [-0.2, -0.15) is 0 Å². The van der Waals surface area contributed by atoms with Crippen LogP contribution in [0.1, 0.15) is 64.9 Å². The second-order valence-corrected chi connectivity index (χ2v) is 15.5. The molecule has 0 radical (unpaired) electrons. The zero-order chi connectivity index (χ0) is 27.4. The lowest BCUT2D eigenvalue weighted by molar-refractivity contribution is 0.357. The van der Waals surface area contributed by atoms with Gasteiger partial charge >= 0.3 is 8.32 Å². The number of halogens is 1. The van der Waals surface area contributed by atoms with Gasteiger partial charge in [0.15, 0.2) is 17.2 Å². The van der Waals surface area contributed by atoms with Crippen molar-refractivity contribution in [2.24, 2.45) is 0 Å². The molecule has 3 nitrogen and oxygen atoms in total. The smallest absolute Gasteiger partial charge is 0.320 e. The van der Waals surface area contributed by atoms with Crippen LogP contribution in [0.5, 0.6) is 17.2 Å². The summed E-state index contributed by atoms with van der Waals surface area (Å²) in [5.74, 6) is 8.55. The number of methoxy groups -OCH3 is 2. The summed E-state index contributed by atoms with van der Waals surface area (Å²) < 4.78 is 19.0. The molecule has 0 amide bonds. The van der Waals surface area contributed by atoms with Crippen molar-refractivity contribution in [2.75, 3.05) is 19.5 Å². The van der Waals surface area contributed by atoms with Crippen molar-refractivity contribution < 1.29 is 13.9 Å². The van der Waals surface area contributed by atoms with Crippen molar-refractivity contribution in [2.45, 2.75) is 64.3 Å². The van der Waals surface area contributed by atoms with E-state index in [1.807, 2.05) is 24.3 Å². The summed E-state index contributed by atoms with van der Waals surface area (Å²) in [7, 11) is 0.503. The van der Waals surface area contributed by atoms with Gasteiger partial charge in [0.25, 0.3) is 0 Å². The lowest BCUT2D eigenvalue weighted by atomic mass is 10.1. The van der Waals surface area contributed by atoms with Crippen molar-refractivity contribution >= 4 is 34.6 Å². The summed E-state index contributed by atoms with van der Waals surface area (Å²) in [6.07, 6.45) is 7.02. The second-order valence-electron chi connectivity index (χ2n) is 10.5. The highest BCUT2D eigenvalue weighted by Gasteiger charge is 2.52. The van der Waals surface area contributed by atoms with E-state index in [4.69, 9.17) is 13.9 Å². The molecule has 0 fully saturated rings. The highest BCUT2D eigenvalue weighted by molar-refractivity contribution is 9.09. The first-order chi connectivity index (χ1) is 18.4. The Morgan fingerprint density at radius 2 is 1.24 bits per heavy atom. The molecule has 0 aliphatic rings. The summed E-state index contributed by atoms with van der Waals surface area (Å²) in [6.45, 7) is 6.79. The van der Waals surface area contributed by atoms with Crippen LogP contribution in [-0.2, 0) is 0 Å². The van der Waals surface area contributed by atoms with Gasteiger partial charge in [0.2, 0.25) is 0 Å². The maximum Gasteiger partial charge on any atom is 0.320 e. The fourth-order valence-electron chi connectivity index (χ4n) is 4.86. The van der Waals surface area contributed by atoms with E-state index in [0.717, 1.165) is 23.7 Å². The Hall–Kier alpha value is -2.68. The normalized spacial score (nSPS) is 11.4. The molecule has 0 aliphatic carbocycles. The van der Waals surface area contributed by atoms with Gasteiger partial charge in [0.1, 0.15) is 0 Å². The first kappa shape index (κ1) is 29.9. The van der Waals surface area contributed by atoms with Gasteiger partial charge in [-0.1, -0.05) is 128 Å². The van der Waals surface area contributed by atoms with Gasteiger partial charge in [0.05, 0.1) is 14.2 Å². The molecule has 0 heterocycles.